The first-order chi connectivity index (χ1) is 17.9. The van der Waals surface area contributed by atoms with Crippen LogP contribution >= 0.6 is 11.3 Å². The number of carbonyl (C=O) groups is 1. The van der Waals surface area contributed by atoms with E-state index < -0.39 is 11.2 Å². The molecule has 0 saturated heterocycles. The quantitative estimate of drug-likeness (QED) is 0.355. The first kappa shape index (κ1) is 24.2. The molecule has 0 aliphatic carbocycles. The molecule has 5 rings (SSSR count). The summed E-state index contributed by atoms with van der Waals surface area (Å²) in [4.78, 5) is 47.7. The molecule has 1 N–H and O–H groups in total. The number of hydrogen-bond acceptors (Lipinski definition) is 7. The molecule has 2 aromatic carbocycles. The van der Waals surface area contributed by atoms with E-state index >= 15 is 0 Å². The molecule has 0 aliphatic rings. The minimum Gasteiger partial charge on any atom is -0.494 e. The number of aromatic nitrogens is 5. The van der Waals surface area contributed by atoms with E-state index in [9.17, 15) is 14.4 Å². The van der Waals surface area contributed by atoms with E-state index in [2.05, 4.69) is 10.3 Å². The normalized spacial score (nSPS) is 11.1. The zero-order valence-corrected chi connectivity index (χ0v) is 21.3. The van der Waals surface area contributed by atoms with Gasteiger partial charge in [0.1, 0.15) is 12.3 Å². The number of benzene rings is 2. The zero-order valence-electron chi connectivity index (χ0n) is 20.5. The predicted molar refractivity (Wildman–Crippen MR) is 143 cm³/mol. The van der Waals surface area contributed by atoms with Crippen molar-refractivity contribution >= 4 is 33.5 Å². The summed E-state index contributed by atoms with van der Waals surface area (Å²) in [6, 6.07) is 17.5. The lowest BCUT2D eigenvalue weighted by molar-refractivity contribution is -0.116. The van der Waals surface area contributed by atoms with Crippen LogP contribution in [0.1, 0.15) is 6.92 Å². The van der Waals surface area contributed by atoms with E-state index in [0.29, 0.717) is 11.7 Å². The van der Waals surface area contributed by atoms with Crippen LogP contribution in [0, 0.1) is 0 Å². The van der Waals surface area contributed by atoms with E-state index in [1.807, 2.05) is 61.5 Å². The van der Waals surface area contributed by atoms with Gasteiger partial charge >= 0.3 is 5.69 Å². The summed E-state index contributed by atoms with van der Waals surface area (Å²) in [5.74, 6) is 0.397. The van der Waals surface area contributed by atoms with Crippen LogP contribution in [0.25, 0.3) is 32.9 Å². The van der Waals surface area contributed by atoms with Crippen LogP contribution < -0.4 is 21.3 Å². The fraction of sp³-hybridized carbons (Fsp3) is 0.192. The van der Waals surface area contributed by atoms with Crippen molar-refractivity contribution in [3.63, 3.8) is 0 Å². The third-order valence-corrected chi connectivity index (χ3v) is 6.90. The molecule has 0 aliphatic heterocycles. The lowest BCUT2D eigenvalue weighted by Crippen LogP contribution is -2.37. The Morgan fingerprint density at radius 1 is 1.00 bits per heavy atom. The van der Waals surface area contributed by atoms with Crippen molar-refractivity contribution in [2.24, 2.45) is 14.1 Å². The number of fused-ring (bicyclic) bond motifs is 1. The highest BCUT2D eigenvalue weighted by Crippen LogP contribution is 2.39. The van der Waals surface area contributed by atoms with Gasteiger partial charge in [0, 0.05) is 19.7 Å². The minimum absolute atomic E-state index is 0.164. The standard InChI is InChI=1S/C26H24N6O4S/c1-4-36-18-12-10-16(11-13-18)20-22(17-8-6-5-7-9-17)37-25(29-20)28-19(33)14-32-15-27-23-21(32)24(34)31(3)26(35)30(23)2/h5-13,15H,4,14H2,1-3H3,(H,28,29,33). The van der Waals surface area contributed by atoms with Gasteiger partial charge in [0.2, 0.25) is 5.91 Å². The van der Waals surface area contributed by atoms with Gasteiger partial charge in [-0.15, -0.1) is 0 Å². The van der Waals surface area contributed by atoms with Gasteiger partial charge in [0.15, 0.2) is 16.3 Å². The summed E-state index contributed by atoms with van der Waals surface area (Å²) in [5.41, 5.74) is 2.02. The van der Waals surface area contributed by atoms with Crippen LogP contribution in [-0.2, 0) is 25.4 Å². The number of carbonyl (C=O) groups excluding carboxylic acids is 1. The number of hydrogen-bond donors (Lipinski definition) is 1. The molecule has 0 unspecified atom stereocenters. The molecule has 3 aromatic heterocycles. The van der Waals surface area contributed by atoms with Crippen LogP contribution in [0.3, 0.4) is 0 Å². The molecule has 0 radical (unpaired) electrons. The molecule has 0 saturated carbocycles. The van der Waals surface area contributed by atoms with Gasteiger partial charge in [-0.25, -0.2) is 14.8 Å². The zero-order chi connectivity index (χ0) is 26.1. The van der Waals surface area contributed by atoms with Crippen LogP contribution in [0.15, 0.2) is 70.5 Å². The Bertz CT molecular complexity index is 1710. The van der Waals surface area contributed by atoms with E-state index in [4.69, 9.17) is 9.72 Å². The molecule has 0 fully saturated rings. The molecule has 1 amide bonds. The monoisotopic (exact) mass is 516 g/mol. The van der Waals surface area contributed by atoms with E-state index in [1.54, 1.807) is 0 Å². The Morgan fingerprint density at radius 2 is 1.73 bits per heavy atom. The second-order valence-electron chi connectivity index (χ2n) is 8.32. The highest BCUT2D eigenvalue weighted by molar-refractivity contribution is 7.19. The molecule has 37 heavy (non-hydrogen) atoms. The maximum absolute atomic E-state index is 13.0. The van der Waals surface area contributed by atoms with Gasteiger partial charge in [-0.2, -0.15) is 0 Å². The molecule has 11 heteroatoms. The van der Waals surface area contributed by atoms with Crippen LogP contribution in [0.5, 0.6) is 5.75 Å². The van der Waals surface area contributed by atoms with Crippen molar-refractivity contribution in [1.29, 1.82) is 0 Å². The average molecular weight is 517 g/mol. The molecule has 0 atom stereocenters. The number of rotatable bonds is 7. The molecule has 10 nitrogen and oxygen atoms in total. The molecular weight excluding hydrogens is 492 g/mol. The number of anilines is 1. The fourth-order valence-electron chi connectivity index (χ4n) is 4.06. The number of imidazole rings is 1. The fourth-order valence-corrected chi connectivity index (χ4v) is 5.07. The van der Waals surface area contributed by atoms with Crippen molar-refractivity contribution in [2.45, 2.75) is 13.5 Å². The predicted octanol–water partition coefficient (Wildman–Crippen LogP) is 3.26. The number of nitrogens with zero attached hydrogens (tertiary/aromatic N) is 5. The maximum atomic E-state index is 13.0. The third-order valence-electron chi connectivity index (χ3n) is 5.88. The number of ether oxygens (including phenoxy) is 1. The topological polar surface area (TPSA) is 113 Å². The lowest BCUT2D eigenvalue weighted by atomic mass is 10.1. The Hall–Kier alpha value is -4.51. The second-order valence-corrected chi connectivity index (χ2v) is 9.32. The summed E-state index contributed by atoms with van der Waals surface area (Å²) in [6.07, 6.45) is 1.38. The van der Waals surface area contributed by atoms with Crippen molar-refractivity contribution < 1.29 is 9.53 Å². The Morgan fingerprint density at radius 3 is 2.43 bits per heavy atom. The smallest absolute Gasteiger partial charge is 0.332 e. The Kier molecular flexibility index (Phi) is 6.45. The molecule has 3 heterocycles. The molecule has 0 spiro atoms. The number of nitrogens with one attached hydrogen (secondary N) is 1. The second kappa shape index (κ2) is 9.86. The van der Waals surface area contributed by atoms with E-state index in [1.165, 1.54) is 40.9 Å². The van der Waals surface area contributed by atoms with Crippen LogP contribution in [0.2, 0.25) is 0 Å². The summed E-state index contributed by atoms with van der Waals surface area (Å²) in [5, 5.41) is 3.28. The third kappa shape index (κ3) is 4.56. The van der Waals surface area contributed by atoms with Crippen LogP contribution in [-0.4, -0.2) is 36.2 Å². The molecule has 0 bridgehead atoms. The first-order valence-corrected chi connectivity index (χ1v) is 12.4. The highest BCUT2D eigenvalue weighted by atomic mass is 32.1. The first-order valence-electron chi connectivity index (χ1n) is 11.6. The number of amides is 1. The maximum Gasteiger partial charge on any atom is 0.332 e. The average Bonchev–Trinajstić information content (AvgIpc) is 3.52. The summed E-state index contributed by atoms with van der Waals surface area (Å²) in [6.45, 7) is 2.35. The van der Waals surface area contributed by atoms with Crippen LogP contribution in [0.4, 0.5) is 5.13 Å². The van der Waals surface area contributed by atoms with Gasteiger partial charge in [0.25, 0.3) is 5.56 Å². The van der Waals surface area contributed by atoms with Crippen molar-refractivity contribution in [3.8, 4) is 27.4 Å². The molecule has 5 aromatic rings. The number of thiazole rings is 1. The van der Waals surface area contributed by atoms with E-state index in [0.717, 1.165) is 32.0 Å². The minimum atomic E-state index is -0.512. The van der Waals surface area contributed by atoms with Crippen molar-refractivity contribution in [2.75, 3.05) is 11.9 Å². The van der Waals surface area contributed by atoms with Gasteiger partial charge in [-0.3, -0.25) is 18.7 Å². The SMILES string of the molecule is CCOc1ccc(-c2nc(NC(=O)Cn3cnc4c3c(=O)n(C)c(=O)n4C)sc2-c2ccccc2)cc1. The van der Waals surface area contributed by atoms with Crippen molar-refractivity contribution in [3.05, 3.63) is 81.8 Å². The van der Waals surface area contributed by atoms with Gasteiger partial charge in [-0.1, -0.05) is 41.7 Å². The molecular formula is C26H24N6O4S. The summed E-state index contributed by atoms with van der Waals surface area (Å²) >= 11 is 1.37. The van der Waals surface area contributed by atoms with Gasteiger partial charge < -0.3 is 14.6 Å². The Balaban J connectivity index is 1.46. The summed E-state index contributed by atoms with van der Waals surface area (Å²) < 4.78 is 9.26. The summed E-state index contributed by atoms with van der Waals surface area (Å²) in [7, 11) is 2.93. The Labute approximate surface area is 215 Å². The van der Waals surface area contributed by atoms with Crippen molar-refractivity contribution in [1.82, 2.24) is 23.7 Å². The largest absolute Gasteiger partial charge is 0.494 e. The number of aryl methyl sites for hydroxylation is 1. The highest BCUT2D eigenvalue weighted by Gasteiger charge is 2.19. The molecule has 188 valence electrons. The van der Waals surface area contributed by atoms with E-state index in [-0.39, 0.29) is 23.6 Å². The van der Waals surface area contributed by atoms with Gasteiger partial charge in [-0.05, 0) is 36.8 Å². The van der Waals surface area contributed by atoms with Gasteiger partial charge in [0.05, 0.1) is 23.5 Å². The lowest BCUT2D eigenvalue weighted by Gasteiger charge is -2.06.